The van der Waals surface area contributed by atoms with E-state index in [2.05, 4.69) is 5.32 Å². The molecular formula is C21H31NO4. The molecule has 0 aromatic heterocycles. The fourth-order valence-corrected chi connectivity index (χ4v) is 4.76. The lowest BCUT2D eigenvalue weighted by Gasteiger charge is -2.39. The summed E-state index contributed by atoms with van der Waals surface area (Å²) in [6.45, 7) is 0. The van der Waals surface area contributed by atoms with E-state index in [1.54, 1.807) is 21.3 Å². The molecule has 1 aromatic carbocycles. The van der Waals surface area contributed by atoms with Crippen molar-refractivity contribution < 1.29 is 19.0 Å². The minimum absolute atomic E-state index is 0.0507. The SMILES string of the molecule is COc1ccc(CC(=O)N[C@@H]2CC[C@H]3CCCC[C@H]3C2)c(OC)c1OC. The molecule has 0 bridgehead atoms. The lowest BCUT2D eigenvalue weighted by molar-refractivity contribution is -0.121. The standard InChI is InChI=1S/C21H31NO4/c1-24-18-11-9-16(20(25-2)21(18)26-3)13-19(23)22-17-10-8-14-6-4-5-7-15(14)12-17/h9,11,14-15,17H,4-8,10,12-13H2,1-3H3,(H,22,23)/t14-,15+,17-/m1/s1. The quantitative estimate of drug-likeness (QED) is 0.839. The first kappa shape index (κ1) is 18.9. The molecular weight excluding hydrogens is 330 g/mol. The Kier molecular flexibility index (Phi) is 6.28. The van der Waals surface area contributed by atoms with Crippen molar-refractivity contribution in [1.82, 2.24) is 5.32 Å². The van der Waals surface area contributed by atoms with Crippen LogP contribution in [0.15, 0.2) is 12.1 Å². The second-order valence-electron chi connectivity index (χ2n) is 7.55. The van der Waals surface area contributed by atoms with E-state index in [0.717, 1.165) is 30.2 Å². The number of rotatable bonds is 6. The average Bonchev–Trinajstić information content (AvgIpc) is 2.67. The van der Waals surface area contributed by atoms with Crippen LogP contribution in [0.2, 0.25) is 0 Å². The van der Waals surface area contributed by atoms with Crippen molar-refractivity contribution in [2.45, 2.75) is 57.4 Å². The second-order valence-corrected chi connectivity index (χ2v) is 7.55. The van der Waals surface area contributed by atoms with Crippen LogP contribution in [-0.4, -0.2) is 33.3 Å². The monoisotopic (exact) mass is 361 g/mol. The lowest BCUT2D eigenvalue weighted by atomic mass is 9.69. The van der Waals surface area contributed by atoms with Gasteiger partial charge in [0, 0.05) is 11.6 Å². The number of carbonyl (C=O) groups is 1. The van der Waals surface area contributed by atoms with Gasteiger partial charge in [-0.15, -0.1) is 0 Å². The Hall–Kier alpha value is -1.91. The Morgan fingerprint density at radius 2 is 1.69 bits per heavy atom. The number of methoxy groups -OCH3 is 3. The molecule has 0 saturated heterocycles. The van der Waals surface area contributed by atoms with Crippen LogP contribution < -0.4 is 19.5 Å². The summed E-state index contributed by atoms with van der Waals surface area (Å²) in [6.07, 6.45) is 9.25. The molecule has 1 N–H and O–H groups in total. The highest BCUT2D eigenvalue weighted by atomic mass is 16.5. The van der Waals surface area contributed by atoms with Gasteiger partial charge in [-0.1, -0.05) is 31.7 Å². The highest BCUT2D eigenvalue weighted by molar-refractivity contribution is 5.80. The Bertz CT molecular complexity index is 631. The molecule has 2 aliphatic carbocycles. The van der Waals surface area contributed by atoms with E-state index in [1.165, 1.54) is 32.1 Å². The van der Waals surface area contributed by atoms with Crippen molar-refractivity contribution in [1.29, 1.82) is 0 Å². The summed E-state index contributed by atoms with van der Waals surface area (Å²) in [6, 6.07) is 4.00. The summed E-state index contributed by atoms with van der Waals surface area (Å²) in [7, 11) is 4.75. The molecule has 2 fully saturated rings. The molecule has 5 heteroatoms. The van der Waals surface area contributed by atoms with Gasteiger partial charge in [-0.2, -0.15) is 0 Å². The molecule has 5 nitrogen and oxygen atoms in total. The zero-order valence-corrected chi connectivity index (χ0v) is 16.2. The number of hydrogen-bond donors (Lipinski definition) is 1. The number of ether oxygens (including phenoxy) is 3. The molecule has 0 radical (unpaired) electrons. The van der Waals surface area contributed by atoms with Gasteiger partial charge >= 0.3 is 0 Å². The molecule has 144 valence electrons. The first-order chi connectivity index (χ1) is 12.7. The largest absolute Gasteiger partial charge is 0.493 e. The highest BCUT2D eigenvalue weighted by Crippen LogP contribution is 2.41. The molecule has 3 atom stereocenters. The number of amides is 1. The summed E-state index contributed by atoms with van der Waals surface area (Å²) in [4.78, 5) is 12.6. The number of fused-ring (bicyclic) bond motifs is 1. The zero-order valence-electron chi connectivity index (χ0n) is 16.2. The molecule has 1 amide bonds. The van der Waals surface area contributed by atoms with Crippen molar-refractivity contribution in [2.24, 2.45) is 11.8 Å². The van der Waals surface area contributed by atoms with Crippen LogP contribution in [0, 0.1) is 11.8 Å². The van der Waals surface area contributed by atoms with E-state index in [9.17, 15) is 4.79 Å². The maximum atomic E-state index is 12.6. The summed E-state index contributed by atoms with van der Waals surface area (Å²) in [5.41, 5.74) is 0.814. The minimum atomic E-state index is 0.0507. The van der Waals surface area contributed by atoms with E-state index < -0.39 is 0 Å². The Morgan fingerprint density at radius 3 is 2.38 bits per heavy atom. The summed E-state index contributed by atoms with van der Waals surface area (Å²) >= 11 is 0. The fraction of sp³-hybridized carbons (Fsp3) is 0.667. The van der Waals surface area contributed by atoms with E-state index in [1.807, 2.05) is 12.1 Å². The molecule has 0 unspecified atom stereocenters. The van der Waals surface area contributed by atoms with Gasteiger partial charge in [0.2, 0.25) is 11.7 Å². The van der Waals surface area contributed by atoms with Gasteiger partial charge in [0.05, 0.1) is 27.8 Å². The smallest absolute Gasteiger partial charge is 0.224 e. The van der Waals surface area contributed by atoms with E-state index >= 15 is 0 Å². The van der Waals surface area contributed by atoms with E-state index in [-0.39, 0.29) is 12.3 Å². The third kappa shape index (κ3) is 4.08. The van der Waals surface area contributed by atoms with Crippen LogP contribution in [0.5, 0.6) is 17.2 Å². The lowest BCUT2D eigenvalue weighted by Crippen LogP contribution is -2.42. The molecule has 0 heterocycles. The van der Waals surface area contributed by atoms with Crippen LogP contribution in [0.1, 0.15) is 50.5 Å². The molecule has 3 rings (SSSR count). The molecule has 1 aromatic rings. The number of carbonyl (C=O) groups excluding carboxylic acids is 1. The van der Waals surface area contributed by atoms with Crippen LogP contribution in [0.3, 0.4) is 0 Å². The van der Waals surface area contributed by atoms with Gasteiger partial charge < -0.3 is 19.5 Å². The second kappa shape index (κ2) is 8.65. The summed E-state index contributed by atoms with van der Waals surface area (Å²) in [5, 5.41) is 3.25. The van der Waals surface area contributed by atoms with Crippen LogP contribution >= 0.6 is 0 Å². The Morgan fingerprint density at radius 1 is 0.962 bits per heavy atom. The number of hydrogen-bond acceptors (Lipinski definition) is 4. The van der Waals surface area contributed by atoms with E-state index in [0.29, 0.717) is 23.3 Å². The maximum Gasteiger partial charge on any atom is 0.224 e. The van der Waals surface area contributed by atoms with Gasteiger partial charge in [0.25, 0.3) is 0 Å². The van der Waals surface area contributed by atoms with Gasteiger partial charge in [-0.05, 0) is 37.2 Å². The van der Waals surface area contributed by atoms with Crippen molar-refractivity contribution in [3.8, 4) is 17.2 Å². The maximum absolute atomic E-state index is 12.6. The van der Waals surface area contributed by atoms with Crippen molar-refractivity contribution in [3.63, 3.8) is 0 Å². The zero-order chi connectivity index (χ0) is 18.5. The highest BCUT2D eigenvalue weighted by Gasteiger charge is 2.32. The third-order valence-electron chi connectivity index (χ3n) is 6.04. The summed E-state index contributed by atoms with van der Waals surface area (Å²) < 4.78 is 16.2. The Balaban J connectivity index is 1.63. The van der Waals surface area contributed by atoms with Gasteiger partial charge in [-0.25, -0.2) is 0 Å². The van der Waals surface area contributed by atoms with Crippen molar-refractivity contribution in [3.05, 3.63) is 17.7 Å². The van der Waals surface area contributed by atoms with Crippen LogP contribution in [0.25, 0.3) is 0 Å². The third-order valence-corrected chi connectivity index (χ3v) is 6.04. The van der Waals surface area contributed by atoms with Gasteiger partial charge in [0.1, 0.15) is 0 Å². The summed E-state index contributed by atoms with van der Waals surface area (Å²) in [5.74, 6) is 3.45. The molecule has 0 aliphatic heterocycles. The predicted octanol–water partition coefficient (Wildman–Crippen LogP) is 3.73. The van der Waals surface area contributed by atoms with Gasteiger partial charge in [-0.3, -0.25) is 4.79 Å². The van der Waals surface area contributed by atoms with Crippen molar-refractivity contribution >= 4 is 5.91 Å². The van der Waals surface area contributed by atoms with Crippen molar-refractivity contribution in [2.75, 3.05) is 21.3 Å². The number of nitrogens with one attached hydrogen (secondary N) is 1. The first-order valence-electron chi connectivity index (χ1n) is 9.73. The molecule has 0 spiro atoms. The molecule has 26 heavy (non-hydrogen) atoms. The molecule has 2 saturated carbocycles. The predicted molar refractivity (Wildman–Crippen MR) is 101 cm³/mol. The average molecular weight is 361 g/mol. The fourth-order valence-electron chi connectivity index (χ4n) is 4.76. The number of benzene rings is 1. The topological polar surface area (TPSA) is 56.8 Å². The normalized spacial score (nSPS) is 25.1. The molecule has 2 aliphatic rings. The van der Waals surface area contributed by atoms with E-state index in [4.69, 9.17) is 14.2 Å². The van der Waals surface area contributed by atoms with Gasteiger partial charge in [0.15, 0.2) is 11.5 Å². The first-order valence-corrected chi connectivity index (χ1v) is 9.73. The van der Waals surface area contributed by atoms with Crippen LogP contribution in [-0.2, 0) is 11.2 Å². The minimum Gasteiger partial charge on any atom is -0.493 e. The Labute approximate surface area is 156 Å². The van der Waals surface area contributed by atoms with Crippen LogP contribution in [0.4, 0.5) is 0 Å².